The maximum Gasteiger partial charge on any atom is 0.336 e. The summed E-state index contributed by atoms with van der Waals surface area (Å²) in [6, 6.07) is 24.6. The van der Waals surface area contributed by atoms with E-state index in [1.807, 2.05) is 74.5 Å². The molecule has 2 atom stereocenters. The lowest BCUT2D eigenvalue weighted by Gasteiger charge is -2.26. The van der Waals surface area contributed by atoms with Gasteiger partial charge in [0.05, 0.1) is 23.6 Å². The first-order chi connectivity index (χ1) is 25.2. The number of Topliss-reactive ketones (excluding diaryl/α,β-unsaturated/α-hetero) is 2. The molecule has 2 aromatic heterocycles. The Morgan fingerprint density at radius 3 is 1.67 bits per heavy atom. The predicted molar refractivity (Wildman–Crippen MR) is 194 cm³/mol. The molecule has 0 saturated heterocycles. The van der Waals surface area contributed by atoms with E-state index < -0.39 is 23.5 Å². The van der Waals surface area contributed by atoms with Gasteiger partial charge in [-0.2, -0.15) is 0 Å². The number of aromatic hydroxyl groups is 2. The SMILES string of the molecule is CCCc1cc(=O)oc2c3c(cc(O)c12)OC(c1ccccc1)CC3=O.CCCc1cc(=O)oc2cc3c(c(O)c12)C(=O)CC(c1ccccc1)O3. The number of carbonyl (C=O) groups is 2. The molecule has 0 spiro atoms. The van der Waals surface area contributed by atoms with Gasteiger partial charge in [0.1, 0.15) is 51.9 Å². The Morgan fingerprint density at radius 2 is 1.12 bits per heavy atom. The lowest BCUT2D eigenvalue weighted by molar-refractivity contribution is 0.0838. The van der Waals surface area contributed by atoms with Gasteiger partial charge in [0, 0.05) is 24.3 Å². The first-order valence-electron chi connectivity index (χ1n) is 17.3. The van der Waals surface area contributed by atoms with Crippen LogP contribution >= 0.6 is 0 Å². The summed E-state index contributed by atoms with van der Waals surface area (Å²) in [5, 5.41) is 22.1. The summed E-state index contributed by atoms with van der Waals surface area (Å²) in [5.41, 5.74) is 2.85. The molecule has 10 heteroatoms. The second-order valence-corrected chi connectivity index (χ2v) is 12.9. The zero-order chi connectivity index (χ0) is 36.5. The van der Waals surface area contributed by atoms with Crippen LogP contribution in [0.25, 0.3) is 21.9 Å². The van der Waals surface area contributed by atoms with Crippen molar-refractivity contribution in [3.05, 3.63) is 139 Å². The van der Waals surface area contributed by atoms with Crippen LogP contribution in [0.1, 0.15) is 94.7 Å². The van der Waals surface area contributed by atoms with Crippen molar-refractivity contribution in [1.29, 1.82) is 0 Å². The molecule has 4 aromatic carbocycles. The van der Waals surface area contributed by atoms with Gasteiger partial charge in [-0.15, -0.1) is 0 Å². The Labute approximate surface area is 297 Å². The van der Waals surface area contributed by atoms with Gasteiger partial charge in [-0.05, 0) is 35.1 Å². The second kappa shape index (κ2) is 14.2. The first-order valence-corrected chi connectivity index (χ1v) is 17.3. The Bertz CT molecular complexity index is 2390. The normalized spacial score (nSPS) is 16.3. The van der Waals surface area contributed by atoms with Crippen LogP contribution in [0.4, 0.5) is 0 Å². The van der Waals surface area contributed by atoms with Crippen LogP contribution in [0.3, 0.4) is 0 Å². The van der Waals surface area contributed by atoms with Crippen LogP contribution in [0.5, 0.6) is 23.0 Å². The molecule has 0 saturated carbocycles. The number of aryl methyl sites for hydroxylation is 2. The Morgan fingerprint density at radius 1 is 0.615 bits per heavy atom. The maximum atomic E-state index is 12.9. The number of benzene rings is 4. The monoisotopic (exact) mass is 700 g/mol. The molecular weight excluding hydrogens is 664 g/mol. The Balaban J connectivity index is 0.000000162. The number of hydrogen-bond acceptors (Lipinski definition) is 10. The van der Waals surface area contributed by atoms with Crippen molar-refractivity contribution >= 4 is 33.5 Å². The third-order valence-corrected chi connectivity index (χ3v) is 9.31. The Hall–Kier alpha value is -6.16. The minimum atomic E-state index is -0.535. The fourth-order valence-corrected chi connectivity index (χ4v) is 7.03. The van der Waals surface area contributed by atoms with Gasteiger partial charge in [-0.3, -0.25) is 9.59 Å². The quantitative estimate of drug-likeness (QED) is 0.162. The molecule has 0 radical (unpaired) electrons. The molecule has 8 rings (SSSR count). The number of rotatable bonds is 6. The zero-order valence-electron chi connectivity index (χ0n) is 28.6. The highest BCUT2D eigenvalue weighted by atomic mass is 16.5. The van der Waals surface area contributed by atoms with Crippen molar-refractivity contribution in [2.45, 2.75) is 64.6 Å². The topological polar surface area (TPSA) is 153 Å². The third kappa shape index (κ3) is 6.43. The van der Waals surface area contributed by atoms with E-state index in [1.165, 1.54) is 24.3 Å². The summed E-state index contributed by atoms with van der Waals surface area (Å²) in [7, 11) is 0. The molecule has 10 nitrogen and oxygen atoms in total. The molecule has 0 bridgehead atoms. The van der Waals surface area contributed by atoms with Crippen LogP contribution in [0.15, 0.2) is 103 Å². The molecule has 6 aromatic rings. The van der Waals surface area contributed by atoms with Crippen LogP contribution < -0.4 is 20.7 Å². The van der Waals surface area contributed by atoms with Gasteiger partial charge in [-0.25, -0.2) is 9.59 Å². The number of phenols is 2. The molecule has 2 aliphatic heterocycles. The molecule has 52 heavy (non-hydrogen) atoms. The third-order valence-electron chi connectivity index (χ3n) is 9.31. The first kappa shape index (κ1) is 34.3. The number of fused-ring (bicyclic) bond motifs is 5. The lowest BCUT2D eigenvalue weighted by atomic mass is 9.93. The van der Waals surface area contributed by atoms with E-state index in [2.05, 4.69) is 0 Å². The van der Waals surface area contributed by atoms with Crippen molar-refractivity contribution in [1.82, 2.24) is 0 Å². The minimum absolute atomic E-state index is 0.0486. The fourth-order valence-electron chi connectivity index (χ4n) is 7.03. The molecule has 0 fully saturated rings. The van der Waals surface area contributed by atoms with Crippen molar-refractivity contribution in [2.24, 2.45) is 0 Å². The van der Waals surface area contributed by atoms with Crippen LogP contribution in [0.2, 0.25) is 0 Å². The smallest absolute Gasteiger partial charge is 0.336 e. The van der Waals surface area contributed by atoms with Crippen LogP contribution in [-0.4, -0.2) is 21.8 Å². The van der Waals surface area contributed by atoms with Crippen molar-refractivity contribution in [3.63, 3.8) is 0 Å². The number of ether oxygens (including phenoxy) is 2. The van der Waals surface area contributed by atoms with E-state index in [0.717, 1.165) is 24.0 Å². The highest BCUT2D eigenvalue weighted by Crippen LogP contribution is 2.45. The number of hydrogen-bond donors (Lipinski definition) is 2. The van der Waals surface area contributed by atoms with Crippen molar-refractivity contribution < 1.29 is 38.1 Å². The lowest BCUT2D eigenvalue weighted by Crippen LogP contribution is -2.21. The highest BCUT2D eigenvalue weighted by molar-refractivity contribution is 6.11. The number of phenolic OH excluding ortho intramolecular Hbond substituents is 2. The zero-order valence-corrected chi connectivity index (χ0v) is 28.6. The van der Waals surface area contributed by atoms with E-state index in [4.69, 9.17) is 18.3 Å². The van der Waals surface area contributed by atoms with Crippen LogP contribution in [0, 0.1) is 0 Å². The summed E-state index contributed by atoms with van der Waals surface area (Å²) in [5.74, 6) is -0.0717. The van der Waals surface area contributed by atoms with Gasteiger partial charge < -0.3 is 28.5 Å². The molecular formula is C42H36O10. The van der Waals surface area contributed by atoms with E-state index in [-0.39, 0.29) is 69.7 Å². The molecule has 2 aliphatic rings. The van der Waals surface area contributed by atoms with E-state index in [0.29, 0.717) is 34.7 Å². The number of ketones is 2. The van der Waals surface area contributed by atoms with E-state index in [1.54, 1.807) is 0 Å². The van der Waals surface area contributed by atoms with Gasteiger partial charge in [0.15, 0.2) is 17.1 Å². The van der Waals surface area contributed by atoms with Crippen molar-refractivity contribution in [2.75, 3.05) is 0 Å². The standard InChI is InChI=1S/2C21H18O5/c1-2-6-13-9-18(24)26-21-19(13)14(22)11-17-20(21)15(23)10-16(25-17)12-7-4-3-5-8-12;1-2-6-13-9-18(23)26-16-11-17-20(21(24)19(13)16)14(22)10-15(25-17)12-7-4-3-5-8-12/h3-5,7-9,11,16,22H,2,6,10H2,1H3;3-5,7-9,11,15,24H,2,6,10H2,1H3. The van der Waals surface area contributed by atoms with E-state index in [9.17, 15) is 29.4 Å². The van der Waals surface area contributed by atoms with Gasteiger partial charge >= 0.3 is 11.3 Å². The average molecular weight is 701 g/mol. The number of carbonyl (C=O) groups excluding carboxylic acids is 2. The summed E-state index contributed by atoms with van der Waals surface area (Å²) in [6.45, 7) is 3.96. The second-order valence-electron chi connectivity index (χ2n) is 12.9. The predicted octanol–water partition coefficient (Wildman–Crippen LogP) is 8.32. The largest absolute Gasteiger partial charge is 0.507 e. The summed E-state index contributed by atoms with van der Waals surface area (Å²) >= 11 is 0. The average Bonchev–Trinajstić information content (AvgIpc) is 3.12. The maximum absolute atomic E-state index is 12.9. The minimum Gasteiger partial charge on any atom is -0.507 e. The summed E-state index contributed by atoms with van der Waals surface area (Å²) in [4.78, 5) is 49.4. The molecule has 4 heterocycles. The molecule has 0 aliphatic carbocycles. The summed E-state index contributed by atoms with van der Waals surface area (Å²) in [6.07, 6.45) is 2.25. The summed E-state index contributed by atoms with van der Waals surface area (Å²) < 4.78 is 22.5. The van der Waals surface area contributed by atoms with Gasteiger partial charge in [0.2, 0.25) is 0 Å². The highest BCUT2D eigenvalue weighted by Gasteiger charge is 2.34. The fraction of sp³-hybridized carbons (Fsp3) is 0.238. The molecule has 264 valence electrons. The Kier molecular flexibility index (Phi) is 9.38. The molecule has 2 N–H and O–H groups in total. The van der Waals surface area contributed by atoms with Gasteiger partial charge in [-0.1, -0.05) is 87.4 Å². The van der Waals surface area contributed by atoms with Gasteiger partial charge in [0.25, 0.3) is 0 Å². The molecule has 2 unspecified atom stereocenters. The van der Waals surface area contributed by atoms with Crippen LogP contribution in [-0.2, 0) is 12.8 Å². The molecule has 0 amide bonds. The van der Waals surface area contributed by atoms with Crippen molar-refractivity contribution in [3.8, 4) is 23.0 Å². The van der Waals surface area contributed by atoms with E-state index >= 15 is 0 Å².